The molecule has 1 rings (SSSR count). The van der Waals surface area contributed by atoms with Crippen LogP contribution in [0.5, 0.6) is 0 Å². The van der Waals surface area contributed by atoms with Gasteiger partial charge in [-0.1, -0.05) is 19.9 Å². The van der Waals surface area contributed by atoms with Crippen molar-refractivity contribution >= 4 is 6.41 Å². The first-order valence-corrected chi connectivity index (χ1v) is 4.19. The van der Waals surface area contributed by atoms with Crippen LogP contribution in [0.2, 0.25) is 0 Å². The minimum Gasteiger partial charge on any atom is -0.530 e. The number of benzene rings is 1. The summed E-state index contributed by atoms with van der Waals surface area (Å²) in [6, 6.07) is 8.12. The van der Waals surface area contributed by atoms with Crippen LogP contribution < -0.4 is 5.32 Å². The minimum absolute atomic E-state index is 0. The molecule has 0 spiro atoms. The molecule has 1 aromatic rings. The zero-order valence-electron chi connectivity index (χ0n) is 8.40. The molecule has 0 aliphatic rings. The molecule has 1 amide bonds. The second-order valence-corrected chi connectivity index (χ2v) is 2.62. The number of hydrogen-bond acceptors (Lipinski definition) is 1. The molecule has 1 N–H and O–H groups in total. The van der Waals surface area contributed by atoms with Crippen molar-refractivity contribution in [2.75, 3.05) is 6.54 Å². The standard InChI is InChI=1S/C8H9.C3H6NO.Yb/c1-7-4-3-5-8(2)6-7;1-2-4-3-5;/h3-6H,1H2,2H3;2H2,1H3,(H,4,5);/q2*-1;+2. The second-order valence-electron chi connectivity index (χ2n) is 2.62. The number of aryl methyl sites for hydroxylation is 1. The van der Waals surface area contributed by atoms with Gasteiger partial charge in [0.1, 0.15) is 0 Å². The van der Waals surface area contributed by atoms with E-state index in [4.69, 9.17) is 4.79 Å². The molecular weight excluding hydrogens is 335 g/mol. The van der Waals surface area contributed by atoms with E-state index in [2.05, 4.69) is 31.3 Å². The Kier molecular flexibility index (Phi) is 13.2. The molecule has 2 nitrogen and oxygen atoms in total. The maximum atomic E-state index is 9.17. The van der Waals surface area contributed by atoms with Crippen molar-refractivity contribution in [2.45, 2.75) is 13.8 Å². The number of carbonyl (C=O) groups excluding carboxylic acids is 1. The van der Waals surface area contributed by atoms with E-state index in [1.54, 1.807) is 0 Å². The molecule has 84 valence electrons. The van der Waals surface area contributed by atoms with E-state index in [9.17, 15) is 0 Å². The third-order valence-corrected chi connectivity index (χ3v) is 1.33. The fourth-order valence-electron chi connectivity index (χ4n) is 0.784. The Labute approximate surface area is 125 Å². The molecule has 0 atom stereocenters. The molecule has 0 heterocycles. The summed E-state index contributed by atoms with van der Waals surface area (Å²) in [5.74, 6) is 0. The Morgan fingerprint density at radius 3 is 2.36 bits per heavy atom. The maximum Gasteiger partial charge on any atom is 2.00 e. The molecule has 0 radical (unpaired) electrons. The molecule has 0 fully saturated rings. The second kappa shape index (κ2) is 11.2. The smallest absolute Gasteiger partial charge is 0.530 e. The molecule has 0 bridgehead atoms. The van der Waals surface area contributed by atoms with Gasteiger partial charge in [0.25, 0.3) is 0 Å². The van der Waals surface area contributed by atoms with Crippen molar-refractivity contribution in [1.82, 2.24) is 5.32 Å². The van der Waals surface area contributed by atoms with E-state index in [0.717, 1.165) is 5.56 Å². The largest absolute Gasteiger partial charge is 2.00 e. The molecule has 1 aromatic carbocycles. The summed E-state index contributed by atoms with van der Waals surface area (Å²) in [6.07, 6.45) is 1.52. The number of nitrogens with one attached hydrogen (secondary N) is 1. The van der Waals surface area contributed by atoms with E-state index in [1.807, 2.05) is 19.1 Å². The monoisotopic (exact) mass is 351 g/mol. The molecule has 14 heavy (non-hydrogen) atoms. The van der Waals surface area contributed by atoms with Crippen LogP contribution in [0.25, 0.3) is 0 Å². The van der Waals surface area contributed by atoms with Gasteiger partial charge in [0, 0.05) is 0 Å². The van der Waals surface area contributed by atoms with Crippen LogP contribution >= 0.6 is 0 Å². The van der Waals surface area contributed by atoms with Crippen LogP contribution in [0, 0.1) is 60.8 Å². The van der Waals surface area contributed by atoms with Gasteiger partial charge in [-0.3, -0.25) is 0 Å². The van der Waals surface area contributed by atoms with E-state index < -0.39 is 0 Å². The van der Waals surface area contributed by atoms with Crippen LogP contribution in [0.4, 0.5) is 0 Å². The van der Waals surface area contributed by atoms with Crippen LogP contribution in [0.15, 0.2) is 24.3 Å². The summed E-state index contributed by atoms with van der Waals surface area (Å²) in [7, 11) is 0. The number of amides is 1. The summed E-state index contributed by atoms with van der Waals surface area (Å²) < 4.78 is 0. The minimum atomic E-state index is 0. The summed E-state index contributed by atoms with van der Waals surface area (Å²) in [4.78, 5) is 9.17. The van der Waals surface area contributed by atoms with Gasteiger partial charge < -0.3 is 10.1 Å². The van der Waals surface area contributed by atoms with Crippen molar-refractivity contribution in [3.63, 3.8) is 0 Å². The Hall–Kier alpha value is 0.0795. The molecule has 0 aliphatic heterocycles. The Bertz CT molecular complexity index is 234. The van der Waals surface area contributed by atoms with E-state index in [0.29, 0.717) is 6.54 Å². The molecule has 0 saturated carbocycles. The molecule has 3 heteroatoms. The molecule has 0 aromatic heterocycles. The average molecular weight is 350 g/mol. The van der Waals surface area contributed by atoms with Gasteiger partial charge in [-0.05, 0) is 6.54 Å². The van der Waals surface area contributed by atoms with Gasteiger partial charge in [0.2, 0.25) is 0 Å². The van der Waals surface area contributed by atoms with Gasteiger partial charge in [-0.2, -0.15) is 31.0 Å². The SMILES string of the molecule is CCN[C-]=O.[CH2-]c1cccc(C)c1.[Yb+2]. The van der Waals surface area contributed by atoms with E-state index in [-0.39, 0.29) is 46.9 Å². The third-order valence-electron chi connectivity index (χ3n) is 1.33. The zero-order valence-corrected chi connectivity index (χ0v) is 10.1. The average Bonchev–Trinajstić information content (AvgIpc) is 2.06. The van der Waals surface area contributed by atoms with Crippen molar-refractivity contribution in [1.29, 1.82) is 0 Å². The Morgan fingerprint density at radius 1 is 1.50 bits per heavy atom. The molecule has 0 aliphatic carbocycles. The molecule has 0 unspecified atom stereocenters. The van der Waals surface area contributed by atoms with Gasteiger partial charge in [-0.25, -0.2) is 0 Å². The fourth-order valence-corrected chi connectivity index (χ4v) is 0.784. The summed E-state index contributed by atoms with van der Waals surface area (Å²) >= 11 is 0. The predicted molar refractivity (Wildman–Crippen MR) is 55.0 cm³/mol. The normalized spacial score (nSPS) is 7.57. The van der Waals surface area contributed by atoms with Gasteiger partial charge in [-0.15, -0.1) is 11.6 Å². The number of rotatable bonds is 2. The fraction of sp³-hybridized carbons (Fsp3) is 0.273. The zero-order chi connectivity index (χ0) is 10.1. The quantitative estimate of drug-likeness (QED) is 0.640. The predicted octanol–water partition coefficient (Wildman–Crippen LogP) is 1.84. The van der Waals surface area contributed by atoms with Gasteiger partial charge in [0.15, 0.2) is 0 Å². The Morgan fingerprint density at radius 2 is 2.14 bits per heavy atom. The van der Waals surface area contributed by atoms with Crippen molar-refractivity contribution in [3.05, 3.63) is 42.3 Å². The molecular formula is C11H15NOYb. The van der Waals surface area contributed by atoms with E-state index in [1.165, 1.54) is 12.0 Å². The topological polar surface area (TPSA) is 29.1 Å². The summed E-state index contributed by atoms with van der Waals surface area (Å²) in [6.45, 7) is 8.35. The van der Waals surface area contributed by atoms with E-state index >= 15 is 0 Å². The Balaban J connectivity index is 0. The van der Waals surface area contributed by atoms with Crippen molar-refractivity contribution < 1.29 is 51.7 Å². The van der Waals surface area contributed by atoms with Crippen LogP contribution in [0.3, 0.4) is 0 Å². The van der Waals surface area contributed by atoms with Crippen LogP contribution in [-0.4, -0.2) is 13.0 Å². The molecule has 0 saturated heterocycles. The van der Waals surface area contributed by atoms with Gasteiger partial charge in [0.05, 0.1) is 0 Å². The van der Waals surface area contributed by atoms with Gasteiger partial charge >= 0.3 is 46.9 Å². The third kappa shape index (κ3) is 10.2. The first-order valence-electron chi connectivity index (χ1n) is 4.19. The maximum absolute atomic E-state index is 9.17. The van der Waals surface area contributed by atoms with Crippen LogP contribution in [-0.2, 0) is 4.79 Å². The van der Waals surface area contributed by atoms with Crippen molar-refractivity contribution in [2.24, 2.45) is 0 Å². The first-order chi connectivity index (χ1) is 6.20. The first kappa shape index (κ1) is 16.5. The van der Waals surface area contributed by atoms with Crippen LogP contribution in [0.1, 0.15) is 18.1 Å². The summed E-state index contributed by atoms with van der Waals surface area (Å²) in [5.41, 5.74) is 2.36. The number of hydrogen-bond donors (Lipinski definition) is 1. The summed E-state index contributed by atoms with van der Waals surface area (Å²) in [5, 5.41) is 2.31. The van der Waals surface area contributed by atoms with Crippen molar-refractivity contribution in [3.8, 4) is 0 Å².